The molecule has 0 saturated carbocycles. The number of aryl methyl sites for hydroxylation is 3. The summed E-state index contributed by atoms with van der Waals surface area (Å²) in [6.45, 7) is 7.32. The molecule has 1 fully saturated rings. The van der Waals surface area contributed by atoms with Crippen LogP contribution in [0.1, 0.15) is 5.56 Å². The third-order valence-corrected chi connectivity index (χ3v) is 6.46. The van der Waals surface area contributed by atoms with Gasteiger partial charge in [0, 0.05) is 45.8 Å². The van der Waals surface area contributed by atoms with Crippen LogP contribution in [0.15, 0.2) is 47.3 Å². The molecule has 0 radical (unpaired) electrons. The molecule has 4 aromatic rings. The number of nitrogens with one attached hydrogen (secondary N) is 2. The molecule has 3 heterocycles. The van der Waals surface area contributed by atoms with Gasteiger partial charge in [0.15, 0.2) is 5.82 Å². The summed E-state index contributed by atoms with van der Waals surface area (Å²) in [5.74, 6) is 0.819. The fraction of sp³-hybridized carbons (Fsp3) is 0.360. The molecule has 2 N–H and O–H groups in total. The minimum Gasteiger partial charge on any atom is -0.379 e. The van der Waals surface area contributed by atoms with Crippen LogP contribution in [0.5, 0.6) is 0 Å². The van der Waals surface area contributed by atoms with Gasteiger partial charge in [-0.15, -0.1) is 0 Å². The summed E-state index contributed by atoms with van der Waals surface area (Å²) in [6, 6.07) is 14.6. The van der Waals surface area contributed by atoms with E-state index in [1.807, 2.05) is 13.1 Å². The number of imidazole rings is 1. The number of morpholine rings is 1. The molecular formula is C25H30N6O2. The van der Waals surface area contributed by atoms with Crippen LogP contribution < -0.4 is 11.0 Å². The summed E-state index contributed by atoms with van der Waals surface area (Å²) in [5.41, 5.74) is 7.05. The molecule has 1 saturated heterocycles. The van der Waals surface area contributed by atoms with Gasteiger partial charge in [-0.2, -0.15) is 5.10 Å². The van der Waals surface area contributed by atoms with E-state index in [0.29, 0.717) is 0 Å². The zero-order chi connectivity index (χ0) is 22.9. The van der Waals surface area contributed by atoms with Crippen LogP contribution in [-0.2, 0) is 18.8 Å². The standard InChI is InChI=1S/C25H30N6O2/c1-17-5-4-6-19(15-17)23-22(18-7-8-20-21(16-18)30(3)25(32)29(20)2)24(28-27-23)26-9-10-31-11-13-33-14-12-31/h4-8,15-16H,9-14H2,1-3H3,(H2,26,27,28). The normalized spacial score (nSPS) is 14.8. The molecule has 2 aromatic heterocycles. The van der Waals surface area contributed by atoms with Crippen LogP contribution in [-0.4, -0.2) is 63.6 Å². The van der Waals surface area contributed by atoms with Gasteiger partial charge in [0.1, 0.15) is 0 Å². The molecule has 0 unspecified atom stereocenters. The van der Waals surface area contributed by atoms with Crippen molar-refractivity contribution in [1.82, 2.24) is 24.2 Å². The maximum absolute atomic E-state index is 12.5. The molecular weight excluding hydrogens is 416 g/mol. The van der Waals surface area contributed by atoms with Crippen LogP contribution in [0.25, 0.3) is 33.4 Å². The number of hydrogen-bond donors (Lipinski definition) is 2. The Morgan fingerprint density at radius 3 is 2.61 bits per heavy atom. The first-order valence-corrected chi connectivity index (χ1v) is 11.4. The van der Waals surface area contributed by atoms with Crippen molar-refractivity contribution in [3.8, 4) is 22.4 Å². The minimum absolute atomic E-state index is 0.0305. The van der Waals surface area contributed by atoms with Crippen molar-refractivity contribution >= 4 is 16.9 Å². The fourth-order valence-corrected chi connectivity index (χ4v) is 4.58. The predicted octanol–water partition coefficient (Wildman–Crippen LogP) is 2.99. The zero-order valence-corrected chi connectivity index (χ0v) is 19.4. The Labute approximate surface area is 192 Å². The summed E-state index contributed by atoms with van der Waals surface area (Å²) in [7, 11) is 3.62. The van der Waals surface area contributed by atoms with E-state index in [1.165, 1.54) is 5.56 Å². The molecule has 1 aliphatic rings. The first kappa shape index (κ1) is 21.5. The lowest BCUT2D eigenvalue weighted by molar-refractivity contribution is 0.0398. The van der Waals surface area contributed by atoms with Crippen LogP contribution in [0.3, 0.4) is 0 Å². The minimum atomic E-state index is -0.0305. The number of aromatic nitrogens is 4. The molecule has 0 spiro atoms. The highest BCUT2D eigenvalue weighted by atomic mass is 16.5. The number of benzene rings is 2. The number of rotatable bonds is 6. The Bertz CT molecular complexity index is 1340. The average Bonchev–Trinajstić information content (AvgIpc) is 3.35. The number of fused-ring (bicyclic) bond motifs is 1. The Morgan fingerprint density at radius 1 is 1.03 bits per heavy atom. The second-order valence-electron chi connectivity index (χ2n) is 8.68. The Hall–Kier alpha value is -3.36. The van der Waals surface area contributed by atoms with Gasteiger partial charge in [-0.3, -0.25) is 19.1 Å². The third kappa shape index (κ3) is 4.07. The molecule has 2 aromatic carbocycles. The van der Waals surface area contributed by atoms with Crippen molar-refractivity contribution in [3.05, 3.63) is 58.5 Å². The van der Waals surface area contributed by atoms with Crippen molar-refractivity contribution in [2.45, 2.75) is 6.92 Å². The van der Waals surface area contributed by atoms with Crippen molar-refractivity contribution in [1.29, 1.82) is 0 Å². The van der Waals surface area contributed by atoms with Crippen molar-refractivity contribution in [2.24, 2.45) is 14.1 Å². The van der Waals surface area contributed by atoms with Gasteiger partial charge in [-0.1, -0.05) is 29.8 Å². The van der Waals surface area contributed by atoms with Gasteiger partial charge in [0.05, 0.1) is 35.5 Å². The quantitative estimate of drug-likeness (QED) is 0.476. The van der Waals surface area contributed by atoms with E-state index in [4.69, 9.17) is 4.74 Å². The van der Waals surface area contributed by atoms with Crippen LogP contribution in [0.2, 0.25) is 0 Å². The number of nitrogens with zero attached hydrogens (tertiary/aromatic N) is 4. The second kappa shape index (κ2) is 8.88. The number of hydrogen-bond acceptors (Lipinski definition) is 5. The molecule has 0 bridgehead atoms. The monoisotopic (exact) mass is 446 g/mol. The van der Waals surface area contributed by atoms with Gasteiger partial charge >= 0.3 is 5.69 Å². The summed E-state index contributed by atoms with van der Waals surface area (Å²) < 4.78 is 8.82. The number of aromatic amines is 1. The predicted molar refractivity (Wildman–Crippen MR) is 132 cm³/mol. The molecule has 8 nitrogen and oxygen atoms in total. The highest BCUT2D eigenvalue weighted by Gasteiger charge is 2.19. The highest BCUT2D eigenvalue weighted by Crippen LogP contribution is 2.37. The summed E-state index contributed by atoms with van der Waals surface area (Å²) in [4.78, 5) is 14.9. The molecule has 172 valence electrons. The Kier molecular flexibility index (Phi) is 5.78. The molecule has 0 amide bonds. The Balaban J connectivity index is 1.54. The second-order valence-corrected chi connectivity index (χ2v) is 8.68. The SMILES string of the molecule is Cc1cccc(-c2[nH]nc(NCCN3CCOCC3)c2-c2ccc3c(c2)n(C)c(=O)n3C)c1. The number of H-pyrrole nitrogens is 1. The van der Waals surface area contributed by atoms with Gasteiger partial charge in [-0.05, 0) is 30.7 Å². The third-order valence-electron chi connectivity index (χ3n) is 6.46. The zero-order valence-electron chi connectivity index (χ0n) is 19.4. The molecule has 0 aliphatic carbocycles. The lowest BCUT2D eigenvalue weighted by atomic mass is 9.99. The smallest absolute Gasteiger partial charge is 0.328 e. The lowest BCUT2D eigenvalue weighted by Gasteiger charge is -2.26. The average molecular weight is 447 g/mol. The van der Waals surface area contributed by atoms with E-state index in [0.717, 1.165) is 78.6 Å². The molecule has 0 atom stereocenters. The molecule has 1 aliphatic heterocycles. The topological polar surface area (TPSA) is 80.1 Å². The fourth-order valence-electron chi connectivity index (χ4n) is 4.58. The maximum Gasteiger partial charge on any atom is 0.328 e. The van der Waals surface area contributed by atoms with E-state index in [-0.39, 0.29) is 5.69 Å². The summed E-state index contributed by atoms with van der Waals surface area (Å²) in [6.07, 6.45) is 0. The number of anilines is 1. The van der Waals surface area contributed by atoms with E-state index in [9.17, 15) is 4.79 Å². The van der Waals surface area contributed by atoms with Crippen LogP contribution in [0, 0.1) is 6.92 Å². The van der Waals surface area contributed by atoms with Crippen molar-refractivity contribution in [3.63, 3.8) is 0 Å². The largest absolute Gasteiger partial charge is 0.379 e. The summed E-state index contributed by atoms with van der Waals surface area (Å²) >= 11 is 0. The van der Waals surface area contributed by atoms with Crippen molar-refractivity contribution in [2.75, 3.05) is 44.7 Å². The van der Waals surface area contributed by atoms with Crippen LogP contribution in [0.4, 0.5) is 5.82 Å². The lowest BCUT2D eigenvalue weighted by Crippen LogP contribution is -2.39. The van der Waals surface area contributed by atoms with Crippen LogP contribution >= 0.6 is 0 Å². The van der Waals surface area contributed by atoms with Gasteiger partial charge in [0.2, 0.25) is 0 Å². The van der Waals surface area contributed by atoms with E-state index < -0.39 is 0 Å². The van der Waals surface area contributed by atoms with Gasteiger partial charge in [0.25, 0.3) is 0 Å². The molecule has 33 heavy (non-hydrogen) atoms. The van der Waals surface area contributed by atoms with E-state index in [2.05, 4.69) is 63.7 Å². The Morgan fingerprint density at radius 2 is 1.82 bits per heavy atom. The van der Waals surface area contributed by atoms with E-state index >= 15 is 0 Å². The highest BCUT2D eigenvalue weighted by molar-refractivity contribution is 5.92. The van der Waals surface area contributed by atoms with E-state index in [1.54, 1.807) is 16.2 Å². The molecule has 5 rings (SSSR count). The van der Waals surface area contributed by atoms with Crippen molar-refractivity contribution < 1.29 is 4.74 Å². The molecule has 8 heteroatoms. The first-order valence-electron chi connectivity index (χ1n) is 11.4. The van der Waals surface area contributed by atoms with Gasteiger partial charge < -0.3 is 10.1 Å². The van der Waals surface area contributed by atoms with Gasteiger partial charge in [-0.25, -0.2) is 4.79 Å². The summed E-state index contributed by atoms with van der Waals surface area (Å²) in [5, 5.41) is 11.5. The number of ether oxygens (including phenoxy) is 1. The first-order chi connectivity index (χ1) is 16.0. The maximum atomic E-state index is 12.5.